The summed E-state index contributed by atoms with van der Waals surface area (Å²) < 4.78 is 3.20. The van der Waals surface area contributed by atoms with Crippen molar-refractivity contribution in [2.75, 3.05) is 0 Å². The molecule has 0 aliphatic heterocycles. The molecule has 1 heterocycles. The van der Waals surface area contributed by atoms with E-state index in [-0.39, 0.29) is 0 Å². The topological polar surface area (TPSA) is 17.8 Å². The monoisotopic (exact) mass is 270 g/mol. The van der Waals surface area contributed by atoms with E-state index in [9.17, 15) is 0 Å². The van der Waals surface area contributed by atoms with E-state index >= 15 is 0 Å². The molecule has 0 saturated heterocycles. The van der Waals surface area contributed by atoms with Gasteiger partial charge >= 0.3 is 0 Å². The van der Waals surface area contributed by atoms with Crippen LogP contribution in [0.1, 0.15) is 18.9 Å². The van der Waals surface area contributed by atoms with Crippen LogP contribution in [0.3, 0.4) is 0 Å². The van der Waals surface area contributed by atoms with Gasteiger partial charge in [0.2, 0.25) is 5.28 Å². The molecule has 1 aliphatic carbocycles. The van der Waals surface area contributed by atoms with Gasteiger partial charge in [0, 0.05) is 10.5 Å². The molecule has 0 radical (unpaired) electrons. The van der Waals surface area contributed by atoms with Crippen LogP contribution in [0, 0.1) is 0 Å². The highest BCUT2D eigenvalue weighted by Crippen LogP contribution is 2.41. The van der Waals surface area contributed by atoms with Crippen LogP contribution in [0.4, 0.5) is 0 Å². The van der Waals surface area contributed by atoms with Crippen molar-refractivity contribution < 1.29 is 0 Å². The number of nitrogens with zero attached hydrogens (tertiary/aromatic N) is 2. The van der Waals surface area contributed by atoms with Crippen LogP contribution in [0.25, 0.3) is 11.0 Å². The predicted octanol–water partition coefficient (Wildman–Crippen LogP) is 3.79. The van der Waals surface area contributed by atoms with Crippen molar-refractivity contribution in [1.29, 1.82) is 0 Å². The Kier molecular flexibility index (Phi) is 1.86. The van der Waals surface area contributed by atoms with E-state index in [0.29, 0.717) is 11.3 Å². The zero-order valence-corrected chi connectivity index (χ0v) is 9.72. The summed E-state index contributed by atoms with van der Waals surface area (Å²) in [4.78, 5) is 4.33. The third-order valence-electron chi connectivity index (χ3n) is 2.53. The van der Waals surface area contributed by atoms with Crippen LogP contribution < -0.4 is 0 Å². The fourth-order valence-corrected chi connectivity index (χ4v) is 2.60. The lowest BCUT2D eigenvalue weighted by molar-refractivity contribution is 0.766. The third kappa shape index (κ3) is 1.19. The number of rotatable bonds is 1. The summed E-state index contributed by atoms with van der Waals surface area (Å²) in [6.07, 6.45) is 2.43. The first kappa shape index (κ1) is 8.74. The molecule has 0 atom stereocenters. The van der Waals surface area contributed by atoms with E-state index in [4.69, 9.17) is 11.6 Å². The number of hydrogen-bond donors (Lipinski definition) is 0. The zero-order valence-electron chi connectivity index (χ0n) is 7.37. The van der Waals surface area contributed by atoms with Crippen molar-refractivity contribution in [1.82, 2.24) is 9.55 Å². The fraction of sp³-hybridized carbons (Fsp3) is 0.300. The van der Waals surface area contributed by atoms with Gasteiger partial charge in [0.25, 0.3) is 0 Å². The molecule has 14 heavy (non-hydrogen) atoms. The van der Waals surface area contributed by atoms with Crippen molar-refractivity contribution >= 4 is 38.6 Å². The van der Waals surface area contributed by atoms with Gasteiger partial charge in [0.15, 0.2) is 0 Å². The van der Waals surface area contributed by atoms with Gasteiger partial charge in [-0.05, 0) is 52.5 Å². The second kappa shape index (κ2) is 2.97. The Balaban J connectivity index is 2.39. The van der Waals surface area contributed by atoms with Crippen molar-refractivity contribution in [2.45, 2.75) is 18.9 Å². The van der Waals surface area contributed by atoms with Crippen molar-refractivity contribution in [3.63, 3.8) is 0 Å². The molecule has 72 valence electrons. The third-order valence-corrected chi connectivity index (χ3v) is 3.44. The van der Waals surface area contributed by atoms with E-state index < -0.39 is 0 Å². The van der Waals surface area contributed by atoms with Crippen LogP contribution in [0.2, 0.25) is 5.28 Å². The molecule has 1 aromatic heterocycles. The van der Waals surface area contributed by atoms with E-state index in [0.717, 1.165) is 15.5 Å². The molecule has 0 unspecified atom stereocenters. The predicted molar refractivity (Wildman–Crippen MR) is 60.7 cm³/mol. The summed E-state index contributed by atoms with van der Waals surface area (Å²) in [5.74, 6) is 0. The van der Waals surface area contributed by atoms with Crippen molar-refractivity contribution in [3.8, 4) is 0 Å². The molecule has 4 heteroatoms. The molecule has 0 spiro atoms. The molecule has 2 nitrogen and oxygen atoms in total. The zero-order chi connectivity index (χ0) is 9.71. The second-order valence-corrected chi connectivity index (χ2v) is 4.78. The van der Waals surface area contributed by atoms with Crippen LogP contribution in [-0.4, -0.2) is 9.55 Å². The summed E-state index contributed by atoms with van der Waals surface area (Å²) in [5.41, 5.74) is 2.09. The summed E-state index contributed by atoms with van der Waals surface area (Å²) in [6.45, 7) is 0. The molecule has 0 N–H and O–H groups in total. The van der Waals surface area contributed by atoms with E-state index in [2.05, 4.69) is 25.5 Å². The lowest BCUT2D eigenvalue weighted by Gasteiger charge is -2.03. The van der Waals surface area contributed by atoms with Crippen LogP contribution in [0.15, 0.2) is 22.7 Å². The number of aromatic nitrogens is 2. The van der Waals surface area contributed by atoms with Crippen LogP contribution in [-0.2, 0) is 0 Å². The van der Waals surface area contributed by atoms with Gasteiger partial charge in [-0.1, -0.05) is 6.07 Å². The first-order chi connectivity index (χ1) is 6.77. The summed E-state index contributed by atoms with van der Waals surface area (Å²) >= 11 is 9.64. The van der Waals surface area contributed by atoms with Gasteiger partial charge < -0.3 is 4.57 Å². The number of fused-ring (bicyclic) bond motifs is 1. The van der Waals surface area contributed by atoms with Gasteiger partial charge in [-0.3, -0.25) is 0 Å². The van der Waals surface area contributed by atoms with E-state index in [1.54, 1.807) is 0 Å². The average molecular weight is 272 g/mol. The number of halogens is 2. The van der Waals surface area contributed by atoms with Crippen LogP contribution >= 0.6 is 27.5 Å². The second-order valence-electron chi connectivity index (χ2n) is 3.59. The maximum Gasteiger partial charge on any atom is 0.204 e. The number of para-hydroxylation sites is 1. The van der Waals surface area contributed by atoms with Gasteiger partial charge in [-0.2, -0.15) is 0 Å². The molecule has 1 aliphatic rings. The molecule has 0 amide bonds. The lowest BCUT2D eigenvalue weighted by atomic mass is 10.3. The first-order valence-corrected chi connectivity index (χ1v) is 5.76. The number of benzene rings is 1. The minimum Gasteiger partial charge on any atom is -0.311 e. The molecule has 3 rings (SSSR count). The smallest absolute Gasteiger partial charge is 0.204 e. The molecule has 2 aromatic rings. The normalized spacial score (nSPS) is 16.4. The summed E-state index contributed by atoms with van der Waals surface area (Å²) in [7, 11) is 0. The molecular formula is C10H8BrClN2. The Bertz CT molecular complexity index is 502. The minimum atomic E-state index is 0.561. The molecule has 1 aromatic carbocycles. The summed E-state index contributed by atoms with van der Waals surface area (Å²) in [5, 5.41) is 0.606. The molecule has 1 fully saturated rings. The highest BCUT2D eigenvalue weighted by atomic mass is 79.9. The average Bonchev–Trinajstić information content (AvgIpc) is 2.90. The minimum absolute atomic E-state index is 0.561. The first-order valence-electron chi connectivity index (χ1n) is 4.59. The molecule has 1 saturated carbocycles. The maximum atomic E-state index is 6.11. The number of imidazole rings is 1. The Labute approximate surface area is 95.0 Å². The maximum absolute atomic E-state index is 6.11. The highest BCUT2D eigenvalue weighted by Gasteiger charge is 2.28. The van der Waals surface area contributed by atoms with Gasteiger partial charge in [-0.25, -0.2) is 4.98 Å². The van der Waals surface area contributed by atoms with Crippen LogP contribution in [0.5, 0.6) is 0 Å². The number of hydrogen-bond acceptors (Lipinski definition) is 1. The van der Waals surface area contributed by atoms with Gasteiger partial charge in [-0.15, -0.1) is 0 Å². The standard InChI is InChI=1S/C10H8BrClN2/c11-7-2-1-3-8-9(7)14(6-4-5-6)10(12)13-8/h1-3,6H,4-5H2. The van der Waals surface area contributed by atoms with Gasteiger partial charge in [0.05, 0.1) is 11.0 Å². The van der Waals surface area contributed by atoms with Crippen molar-refractivity contribution in [3.05, 3.63) is 28.0 Å². The SMILES string of the molecule is Clc1nc2cccc(Br)c2n1C1CC1. The van der Waals surface area contributed by atoms with E-state index in [1.807, 2.05) is 18.2 Å². The lowest BCUT2D eigenvalue weighted by Crippen LogP contribution is -1.93. The molecular weight excluding hydrogens is 263 g/mol. The van der Waals surface area contributed by atoms with E-state index in [1.165, 1.54) is 12.8 Å². The van der Waals surface area contributed by atoms with Gasteiger partial charge in [0.1, 0.15) is 0 Å². The van der Waals surface area contributed by atoms with Crippen molar-refractivity contribution in [2.24, 2.45) is 0 Å². The molecule has 0 bridgehead atoms. The Morgan fingerprint density at radius 1 is 1.43 bits per heavy atom. The fourth-order valence-electron chi connectivity index (χ4n) is 1.74. The Morgan fingerprint density at radius 2 is 2.21 bits per heavy atom. The largest absolute Gasteiger partial charge is 0.311 e. The Hall–Kier alpha value is -0.540. The summed E-state index contributed by atoms with van der Waals surface area (Å²) in [6, 6.07) is 6.56. The quantitative estimate of drug-likeness (QED) is 0.771. The Morgan fingerprint density at radius 3 is 2.93 bits per heavy atom. The highest BCUT2D eigenvalue weighted by molar-refractivity contribution is 9.10.